The van der Waals surface area contributed by atoms with Crippen LogP contribution in [0.5, 0.6) is 0 Å². The Morgan fingerprint density at radius 1 is 1.22 bits per heavy atom. The molecule has 0 saturated heterocycles. The van der Waals surface area contributed by atoms with Crippen LogP contribution in [0.3, 0.4) is 0 Å². The molecule has 0 aliphatic heterocycles. The summed E-state index contributed by atoms with van der Waals surface area (Å²) in [7, 11) is 1.93. The molecule has 3 aromatic rings. The fraction of sp³-hybridized carbons (Fsp3) is 0.353. The first-order valence-electron chi connectivity index (χ1n) is 7.84. The van der Waals surface area contributed by atoms with Gasteiger partial charge in [0.25, 0.3) is 0 Å². The van der Waals surface area contributed by atoms with Crippen molar-refractivity contribution < 1.29 is 4.74 Å². The van der Waals surface area contributed by atoms with E-state index in [4.69, 9.17) is 4.74 Å². The Hall–Kier alpha value is -2.47. The van der Waals surface area contributed by atoms with Gasteiger partial charge in [-0.05, 0) is 18.4 Å². The molecule has 0 spiro atoms. The molecular weight excluding hydrogens is 290 g/mol. The van der Waals surface area contributed by atoms with Crippen LogP contribution in [0.2, 0.25) is 0 Å². The van der Waals surface area contributed by atoms with Crippen LogP contribution in [0.15, 0.2) is 42.9 Å². The van der Waals surface area contributed by atoms with Crippen LogP contribution >= 0.6 is 0 Å². The minimum Gasteiger partial charge on any atom is -0.373 e. The summed E-state index contributed by atoms with van der Waals surface area (Å²) in [5.74, 6) is 0.660. The van der Waals surface area contributed by atoms with Gasteiger partial charge in [0.2, 0.25) is 5.95 Å². The van der Waals surface area contributed by atoms with Gasteiger partial charge in [0, 0.05) is 13.1 Å². The summed E-state index contributed by atoms with van der Waals surface area (Å²) in [5, 5.41) is 3.37. The van der Waals surface area contributed by atoms with Crippen molar-refractivity contribution in [3.8, 4) is 0 Å². The lowest BCUT2D eigenvalue weighted by Crippen LogP contribution is -2.41. The smallest absolute Gasteiger partial charge is 0.224 e. The minimum absolute atomic E-state index is 0.313. The van der Waals surface area contributed by atoms with E-state index in [1.165, 1.54) is 5.56 Å². The number of aryl methyl sites for hydroxylation is 1. The van der Waals surface area contributed by atoms with Gasteiger partial charge in [-0.1, -0.05) is 30.3 Å². The molecule has 118 valence electrons. The first-order chi connectivity index (χ1) is 11.3. The van der Waals surface area contributed by atoms with E-state index >= 15 is 0 Å². The zero-order valence-electron chi connectivity index (χ0n) is 13.0. The number of aromatic nitrogens is 4. The first kappa shape index (κ1) is 14.1. The summed E-state index contributed by atoms with van der Waals surface area (Å²) in [4.78, 5) is 13.1. The second-order valence-corrected chi connectivity index (χ2v) is 5.99. The van der Waals surface area contributed by atoms with Gasteiger partial charge in [-0.2, -0.15) is 4.98 Å². The van der Waals surface area contributed by atoms with Crippen molar-refractivity contribution in [1.82, 2.24) is 19.5 Å². The van der Waals surface area contributed by atoms with Crippen LogP contribution in [0.1, 0.15) is 18.4 Å². The molecule has 1 saturated carbocycles. The normalized spacial score (nSPS) is 20.4. The molecule has 2 heterocycles. The zero-order chi connectivity index (χ0) is 15.6. The standard InChI is InChI=1S/C17H19N5O/c1-22-11-19-15-9-18-17(21-16(15)22)20-13-7-14(8-13)23-10-12-5-3-2-4-6-12/h2-6,9,11,13-14H,7-8,10H2,1H3,(H,18,20,21). The average Bonchev–Trinajstić information content (AvgIpc) is 2.91. The molecule has 1 aliphatic carbocycles. The number of anilines is 1. The van der Waals surface area contributed by atoms with Crippen LogP contribution in [-0.2, 0) is 18.4 Å². The molecule has 1 fully saturated rings. The van der Waals surface area contributed by atoms with Crippen molar-refractivity contribution in [1.29, 1.82) is 0 Å². The molecule has 0 radical (unpaired) electrons. The molecule has 6 heteroatoms. The Morgan fingerprint density at radius 3 is 2.87 bits per heavy atom. The number of hydrogen-bond acceptors (Lipinski definition) is 5. The Labute approximate surface area is 134 Å². The van der Waals surface area contributed by atoms with E-state index in [-0.39, 0.29) is 0 Å². The van der Waals surface area contributed by atoms with Gasteiger partial charge >= 0.3 is 0 Å². The lowest BCUT2D eigenvalue weighted by molar-refractivity contribution is -0.0151. The van der Waals surface area contributed by atoms with Crippen LogP contribution in [0.4, 0.5) is 5.95 Å². The molecular formula is C17H19N5O. The fourth-order valence-electron chi connectivity index (χ4n) is 2.78. The Balaban J connectivity index is 1.29. The summed E-state index contributed by atoms with van der Waals surface area (Å²) >= 11 is 0. The number of nitrogens with zero attached hydrogens (tertiary/aromatic N) is 4. The highest BCUT2D eigenvalue weighted by atomic mass is 16.5. The molecule has 0 atom stereocenters. The van der Waals surface area contributed by atoms with Crippen molar-refractivity contribution in [2.24, 2.45) is 7.05 Å². The van der Waals surface area contributed by atoms with Gasteiger partial charge in [0.05, 0.1) is 25.2 Å². The lowest BCUT2D eigenvalue weighted by atomic mass is 9.89. The number of rotatable bonds is 5. The van der Waals surface area contributed by atoms with E-state index in [9.17, 15) is 0 Å². The summed E-state index contributed by atoms with van der Waals surface area (Å²) in [6, 6.07) is 10.6. The van der Waals surface area contributed by atoms with E-state index in [0.29, 0.717) is 24.7 Å². The van der Waals surface area contributed by atoms with E-state index in [1.807, 2.05) is 29.8 Å². The highest BCUT2D eigenvalue weighted by Gasteiger charge is 2.30. The van der Waals surface area contributed by atoms with Gasteiger partial charge in [0.1, 0.15) is 5.52 Å². The Morgan fingerprint density at radius 2 is 2.04 bits per heavy atom. The van der Waals surface area contributed by atoms with Gasteiger partial charge in [0.15, 0.2) is 5.65 Å². The third-order valence-electron chi connectivity index (χ3n) is 4.21. The van der Waals surface area contributed by atoms with Crippen molar-refractivity contribution >= 4 is 17.1 Å². The van der Waals surface area contributed by atoms with E-state index in [2.05, 4.69) is 32.4 Å². The van der Waals surface area contributed by atoms with E-state index in [1.54, 1.807) is 12.5 Å². The molecule has 6 nitrogen and oxygen atoms in total. The van der Waals surface area contributed by atoms with Crippen molar-refractivity contribution in [3.05, 3.63) is 48.4 Å². The highest BCUT2D eigenvalue weighted by Crippen LogP contribution is 2.27. The maximum Gasteiger partial charge on any atom is 0.224 e. The quantitative estimate of drug-likeness (QED) is 0.784. The molecule has 1 aliphatic rings. The van der Waals surface area contributed by atoms with Gasteiger partial charge < -0.3 is 14.6 Å². The topological polar surface area (TPSA) is 64.9 Å². The third-order valence-corrected chi connectivity index (χ3v) is 4.21. The number of ether oxygens (including phenoxy) is 1. The minimum atomic E-state index is 0.313. The van der Waals surface area contributed by atoms with Crippen molar-refractivity contribution in [3.63, 3.8) is 0 Å². The molecule has 0 amide bonds. The predicted octanol–water partition coefficient (Wildman–Crippen LogP) is 2.52. The molecule has 4 rings (SSSR count). The highest BCUT2D eigenvalue weighted by molar-refractivity contribution is 5.70. The van der Waals surface area contributed by atoms with Gasteiger partial charge in [-0.25, -0.2) is 9.97 Å². The second kappa shape index (κ2) is 5.96. The largest absolute Gasteiger partial charge is 0.373 e. The van der Waals surface area contributed by atoms with Gasteiger partial charge in [-0.3, -0.25) is 0 Å². The van der Waals surface area contributed by atoms with Crippen LogP contribution in [0.25, 0.3) is 11.2 Å². The predicted molar refractivity (Wildman–Crippen MR) is 88.0 cm³/mol. The van der Waals surface area contributed by atoms with Crippen LogP contribution < -0.4 is 5.32 Å². The average molecular weight is 309 g/mol. The summed E-state index contributed by atoms with van der Waals surface area (Å²) in [6.45, 7) is 0.676. The number of benzene rings is 1. The molecule has 0 unspecified atom stereocenters. The summed E-state index contributed by atoms with van der Waals surface area (Å²) in [6.07, 6.45) is 5.79. The Bertz CT molecular complexity index is 795. The fourth-order valence-corrected chi connectivity index (χ4v) is 2.78. The lowest BCUT2D eigenvalue weighted by Gasteiger charge is -2.35. The van der Waals surface area contributed by atoms with E-state index in [0.717, 1.165) is 24.0 Å². The maximum atomic E-state index is 5.91. The maximum absolute atomic E-state index is 5.91. The van der Waals surface area contributed by atoms with Gasteiger partial charge in [-0.15, -0.1) is 0 Å². The van der Waals surface area contributed by atoms with E-state index < -0.39 is 0 Å². The SMILES string of the molecule is Cn1cnc2cnc(NC3CC(OCc4ccccc4)C3)nc21. The molecule has 1 N–H and O–H groups in total. The molecule has 1 aromatic carbocycles. The van der Waals surface area contributed by atoms with Crippen LogP contribution in [-0.4, -0.2) is 31.7 Å². The summed E-state index contributed by atoms with van der Waals surface area (Å²) < 4.78 is 7.81. The number of fused-ring (bicyclic) bond motifs is 1. The summed E-state index contributed by atoms with van der Waals surface area (Å²) in [5.41, 5.74) is 2.88. The number of imidazole rings is 1. The van der Waals surface area contributed by atoms with Crippen molar-refractivity contribution in [2.45, 2.75) is 31.6 Å². The number of hydrogen-bond donors (Lipinski definition) is 1. The molecule has 2 aromatic heterocycles. The first-order valence-corrected chi connectivity index (χ1v) is 7.84. The Kier molecular flexibility index (Phi) is 3.67. The molecule has 0 bridgehead atoms. The zero-order valence-corrected chi connectivity index (χ0v) is 13.0. The second-order valence-electron chi connectivity index (χ2n) is 5.99. The monoisotopic (exact) mass is 309 g/mol. The van der Waals surface area contributed by atoms with Crippen LogP contribution in [0, 0.1) is 0 Å². The number of nitrogens with one attached hydrogen (secondary N) is 1. The van der Waals surface area contributed by atoms with Crippen molar-refractivity contribution in [2.75, 3.05) is 5.32 Å². The third kappa shape index (κ3) is 3.03. The molecule has 23 heavy (non-hydrogen) atoms.